The fourth-order valence-corrected chi connectivity index (χ4v) is 4.59. The van der Waals surface area contributed by atoms with Crippen LogP contribution >= 0.6 is 11.6 Å². The molecule has 0 radical (unpaired) electrons. The number of hydrogen-bond donors (Lipinski definition) is 2. The van der Waals surface area contributed by atoms with Gasteiger partial charge in [-0.1, -0.05) is 17.7 Å². The van der Waals surface area contributed by atoms with Gasteiger partial charge in [-0.2, -0.15) is 0 Å². The minimum Gasteiger partial charge on any atom is -0.497 e. The highest BCUT2D eigenvalue weighted by molar-refractivity contribution is 7.92. The molecule has 3 aromatic rings. The third-order valence-corrected chi connectivity index (χ3v) is 6.54. The first-order chi connectivity index (χ1) is 15.7. The minimum absolute atomic E-state index is 0.00395. The molecule has 0 aliphatic carbocycles. The average Bonchev–Trinajstić information content (AvgIpc) is 2.78. The van der Waals surface area contributed by atoms with Crippen LogP contribution in [-0.2, 0) is 19.6 Å². The molecule has 33 heavy (non-hydrogen) atoms. The van der Waals surface area contributed by atoms with Gasteiger partial charge < -0.3 is 15.4 Å². The number of amides is 2. The molecule has 3 rings (SSSR count). The molecule has 2 amide bonds. The highest BCUT2D eigenvalue weighted by atomic mass is 35.5. The van der Waals surface area contributed by atoms with E-state index in [1.165, 1.54) is 44.4 Å². The van der Waals surface area contributed by atoms with Crippen molar-refractivity contribution in [3.8, 4) is 5.75 Å². The summed E-state index contributed by atoms with van der Waals surface area (Å²) >= 11 is 6.07. The van der Waals surface area contributed by atoms with Gasteiger partial charge in [-0.3, -0.25) is 13.9 Å². The summed E-state index contributed by atoms with van der Waals surface area (Å²) in [4.78, 5) is 23.9. The molecular weight excluding hydrogens is 466 g/mol. The highest BCUT2D eigenvalue weighted by Crippen LogP contribution is 2.27. The first kappa shape index (κ1) is 24.1. The number of ether oxygens (including phenoxy) is 1. The van der Waals surface area contributed by atoms with E-state index >= 15 is 0 Å². The molecule has 10 heteroatoms. The third-order valence-electron chi connectivity index (χ3n) is 4.52. The van der Waals surface area contributed by atoms with Gasteiger partial charge in [0.25, 0.3) is 10.0 Å². The van der Waals surface area contributed by atoms with E-state index < -0.39 is 22.5 Å². The number of benzene rings is 3. The quantitative estimate of drug-likeness (QED) is 0.497. The molecule has 0 heterocycles. The van der Waals surface area contributed by atoms with Gasteiger partial charge in [0.05, 0.1) is 17.7 Å². The van der Waals surface area contributed by atoms with Gasteiger partial charge in [0.2, 0.25) is 11.8 Å². The van der Waals surface area contributed by atoms with E-state index in [2.05, 4.69) is 10.6 Å². The minimum atomic E-state index is -4.09. The van der Waals surface area contributed by atoms with Crippen LogP contribution in [0.4, 0.5) is 17.1 Å². The topological polar surface area (TPSA) is 105 Å². The molecule has 0 unspecified atom stereocenters. The smallest absolute Gasteiger partial charge is 0.264 e. The maximum Gasteiger partial charge on any atom is 0.264 e. The number of halogens is 1. The number of nitrogens with zero attached hydrogens (tertiary/aromatic N) is 1. The number of sulfonamides is 1. The molecule has 0 fully saturated rings. The molecule has 0 saturated carbocycles. The van der Waals surface area contributed by atoms with Crippen molar-refractivity contribution in [2.24, 2.45) is 0 Å². The van der Waals surface area contributed by atoms with Crippen molar-refractivity contribution in [2.75, 3.05) is 28.6 Å². The second kappa shape index (κ2) is 10.4. The Balaban J connectivity index is 1.86. The summed E-state index contributed by atoms with van der Waals surface area (Å²) in [6.07, 6.45) is 0. The van der Waals surface area contributed by atoms with E-state index in [1.807, 2.05) is 0 Å². The van der Waals surface area contributed by atoms with Crippen molar-refractivity contribution < 1.29 is 22.7 Å². The Hall–Kier alpha value is -3.56. The maximum absolute atomic E-state index is 13.4. The zero-order chi connectivity index (χ0) is 24.0. The molecule has 0 saturated heterocycles. The number of carbonyl (C=O) groups is 2. The number of rotatable bonds is 8. The second-order valence-electron chi connectivity index (χ2n) is 6.97. The van der Waals surface area contributed by atoms with Gasteiger partial charge in [0, 0.05) is 23.3 Å². The summed E-state index contributed by atoms with van der Waals surface area (Å²) < 4.78 is 32.9. The van der Waals surface area contributed by atoms with Crippen LogP contribution in [-0.4, -0.2) is 33.9 Å². The number of nitrogens with one attached hydrogen (secondary N) is 2. The summed E-state index contributed by atoms with van der Waals surface area (Å²) in [5.41, 5.74) is 1.26. The van der Waals surface area contributed by atoms with E-state index in [4.69, 9.17) is 16.3 Å². The molecule has 0 aliphatic heterocycles. The van der Waals surface area contributed by atoms with E-state index in [1.54, 1.807) is 42.5 Å². The van der Waals surface area contributed by atoms with E-state index in [0.29, 0.717) is 22.1 Å². The van der Waals surface area contributed by atoms with Gasteiger partial charge >= 0.3 is 0 Å². The van der Waals surface area contributed by atoms with Gasteiger partial charge in [-0.05, 0) is 66.7 Å². The monoisotopic (exact) mass is 487 g/mol. The van der Waals surface area contributed by atoms with Crippen LogP contribution in [0.15, 0.2) is 77.7 Å². The van der Waals surface area contributed by atoms with Crippen LogP contribution in [0, 0.1) is 0 Å². The molecule has 172 valence electrons. The summed E-state index contributed by atoms with van der Waals surface area (Å²) in [6.45, 7) is 0.908. The van der Waals surface area contributed by atoms with Gasteiger partial charge in [0.1, 0.15) is 12.3 Å². The van der Waals surface area contributed by atoms with Crippen LogP contribution in [0.3, 0.4) is 0 Å². The Bertz CT molecular complexity index is 1250. The molecule has 2 N–H and O–H groups in total. The Kier molecular flexibility index (Phi) is 7.57. The van der Waals surface area contributed by atoms with E-state index in [9.17, 15) is 18.0 Å². The van der Waals surface area contributed by atoms with Crippen molar-refractivity contribution in [1.29, 1.82) is 0 Å². The van der Waals surface area contributed by atoms with Gasteiger partial charge in [-0.25, -0.2) is 8.42 Å². The molecule has 0 atom stereocenters. The summed E-state index contributed by atoms with van der Waals surface area (Å²) in [7, 11) is -2.61. The fourth-order valence-electron chi connectivity index (χ4n) is 2.99. The molecule has 0 spiro atoms. The molecule has 8 nitrogen and oxygen atoms in total. The van der Waals surface area contributed by atoms with Gasteiger partial charge in [0.15, 0.2) is 0 Å². The number of methoxy groups -OCH3 is 1. The SMILES string of the molecule is COc1ccc(S(=O)(=O)N(CC(=O)Nc2ccc(NC(C)=O)cc2)c2cccc(Cl)c2)cc1. The molecular formula is C23H22ClN3O5S. The lowest BCUT2D eigenvalue weighted by molar-refractivity contribution is -0.115. The molecule has 0 aromatic heterocycles. The van der Waals surface area contributed by atoms with Crippen molar-refractivity contribution in [2.45, 2.75) is 11.8 Å². The van der Waals surface area contributed by atoms with Crippen molar-refractivity contribution in [3.05, 3.63) is 77.8 Å². The van der Waals surface area contributed by atoms with E-state index in [-0.39, 0.29) is 16.5 Å². The maximum atomic E-state index is 13.4. The standard InChI is InChI=1S/C23H22ClN3O5S/c1-16(28)25-18-6-8-19(9-7-18)26-23(29)15-27(20-5-3-4-17(24)14-20)33(30,31)22-12-10-21(32-2)11-13-22/h3-14H,15H2,1-2H3,(H,25,28)(H,26,29). The highest BCUT2D eigenvalue weighted by Gasteiger charge is 2.27. The molecule has 0 bridgehead atoms. The van der Waals surface area contributed by atoms with Crippen LogP contribution < -0.4 is 19.7 Å². The summed E-state index contributed by atoms with van der Waals surface area (Å²) in [5.74, 6) is -0.268. The predicted octanol–water partition coefficient (Wildman–Crippen LogP) is 4.14. The lowest BCUT2D eigenvalue weighted by Gasteiger charge is -2.24. The molecule has 3 aromatic carbocycles. The number of anilines is 3. The lowest BCUT2D eigenvalue weighted by atomic mass is 10.2. The Morgan fingerprint density at radius 3 is 2.09 bits per heavy atom. The van der Waals surface area contributed by atoms with E-state index in [0.717, 1.165) is 4.31 Å². The van der Waals surface area contributed by atoms with Gasteiger partial charge in [-0.15, -0.1) is 0 Å². The van der Waals surface area contributed by atoms with Crippen LogP contribution in [0.1, 0.15) is 6.92 Å². The first-order valence-electron chi connectivity index (χ1n) is 9.79. The van der Waals surface area contributed by atoms with Crippen LogP contribution in [0.2, 0.25) is 5.02 Å². The number of carbonyl (C=O) groups excluding carboxylic acids is 2. The Labute approximate surface area is 197 Å². The summed E-state index contributed by atoms with van der Waals surface area (Å²) in [6, 6.07) is 18.6. The second-order valence-corrected chi connectivity index (χ2v) is 9.27. The largest absolute Gasteiger partial charge is 0.497 e. The molecule has 0 aliphatic rings. The predicted molar refractivity (Wildman–Crippen MR) is 128 cm³/mol. The number of hydrogen-bond acceptors (Lipinski definition) is 5. The van der Waals surface area contributed by atoms with Crippen LogP contribution in [0.25, 0.3) is 0 Å². The fraction of sp³-hybridized carbons (Fsp3) is 0.130. The van der Waals surface area contributed by atoms with Crippen LogP contribution in [0.5, 0.6) is 5.75 Å². The lowest BCUT2D eigenvalue weighted by Crippen LogP contribution is -2.38. The zero-order valence-electron chi connectivity index (χ0n) is 17.9. The average molecular weight is 488 g/mol. The van der Waals surface area contributed by atoms with Crippen molar-refractivity contribution >= 4 is 50.5 Å². The first-order valence-corrected chi connectivity index (χ1v) is 11.6. The third kappa shape index (κ3) is 6.24. The Morgan fingerprint density at radius 2 is 1.55 bits per heavy atom. The van der Waals surface area contributed by atoms with Crippen molar-refractivity contribution in [1.82, 2.24) is 0 Å². The van der Waals surface area contributed by atoms with Crippen molar-refractivity contribution in [3.63, 3.8) is 0 Å². The Morgan fingerprint density at radius 1 is 0.939 bits per heavy atom. The summed E-state index contributed by atoms with van der Waals surface area (Å²) in [5, 5.41) is 5.63. The normalized spacial score (nSPS) is 10.9. The zero-order valence-corrected chi connectivity index (χ0v) is 19.5.